The average Bonchev–Trinajstić information content (AvgIpc) is 2.35. The van der Waals surface area contributed by atoms with E-state index >= 15 is 0 Å². The number of hydrogen-bond acceptors (Lipinski definition) is 2. The summed E-state index contributed by atoms with van der Waals surface area (Å²) in [7, 11) is 0. The Hall–Kier alpha value is -0.870. The quantitative estimate of drug-likeness (QED) is 0.658. The Morgan fingerprint density at radius 1 is 1.24 bits per heavy atom. The Morgan fingerprint density at radius 2 is 1.71 bits per heavy atom. The Labute approximate surface area is 100 Å². The molecule has 0 spiro atoms. The highest BCUT2D eigenvalue weighted by atomic mass is 19.3. The van der Waals surface area contributed by atoms with Crippen LogP contribution in [0.3, 0.4) is 0 Å². The van der Waals surface area contributed by atoms with Crippen LogP contribution in [0.1, 0.15) is 46.5 Å². The van der Waals surface area contributed by atoms with E-state index in [1.807, 2.05) is 0 Å². The number of nitrogens with zero attached hydrogens (tertiary/aromatic N) is 1. The van der Waals surface area contributed by atoms with Gasteiger partial charge in [-0.1, -0.05) is 0 Å². The molecule has 0 aromatic carbocycles. The van der Waals surface area contributed by atoms with Crippen LogP contribution in [0, 0.1) is 0 Å². The van der Waals surface area contributed by atoms with Crippen molar-refractivity contribution in [3.63, 3.8) is 0 Å². The summed E-state index contributed by atoms with van der Waals surface area (Å²) in [6.07, 6.45) is 0.449. The highest BCUT2D eigenvalue weighted by Gasteiger charge is 2.51. The summed E-state index contributed by atoms with van der Waals surface area (Å²) in [4.78, 5) is 13.5. The minimum atomic E-state index is -2.62. The van der Waals surface area contributed by atoms with E-state index in [2.05, 4.69) is 0 Å². The third-order valence-corrected chi connectivity index (χ3v) is 3.29. The molecule has 0 radical (unpaired) electrons. The van der Waals surface area contributed by atoms with Gasteiger partial charge in [0.15, 0.2) is 0 Å². The fourth-order valence-corrected chi connectivity index (χ4v) is 2.75. The molecule has 0 aromatic heterocycles. The van der Waals surface area contributed by atoms with E-state index < -0.39 is 17.6 Å². The molecule has 2 rings (SSSR count). The van der Waals surface area contributed by atoms with Crippen LogP contribution < -0.4 is 0 Å². The standard InChI is InChI=1S/C12H19F2NO2/c1-11(2,3)17-10(16)15-8-4-5-9(15)7-12(13,14)6-8/h8-9H,4-7H2,1-3H3/t8-,9+. The number of ether oxygens (including phenoxy) is 1. The summed E-state index contributed by atoms with van der Waals surface area (Å²) < 4.78 is 32.0. The topological polar surface area (TPSA) is 29.5 Å². The van der Waals surface area contributed by atoms with Crippen LogP contribution in [-0.2, 0) is 4.74 Å². The maximum absolute atomic E-state index is 13.3. The van der Waals surface area contributed by atoms with Gasteiger partial charge in [0.05, 0.1) is 0 Å². The average molecular weight is 247 g/mol. The van der Waals surface area contributed by atoms with Crippen molar-refractivity contribution in [3.05, 3.63) is 0 Å². The van der Waals surface area contributed by atoms with Gasteiger partial charge >= 0.3 is 6.09 Å². The van der Waals surface area contributed by atoms with Crippen LogP contribution in [0.2, 0.25) is 0 Å². The summed E-state index contributed by atoms with van der Waals surface area (Å²) in [6.45, 7) is 5.35. The van der Waals surface area contributed by atoms with Crippen molar-refractivity contribution in [2.24, 2.45) is 0 Å². The van der Waals surface area contributed by atoms with Crippen molar-refractivity contribution in [1.29, 1.82) is 0 Å². The zero-order valence-corrected chi connectivity index (χ0v) is 10.5. The molecule has 98 valence electrons. The Morgan fingerprint density at radius 3 is 2.12 bits per heavy atom. The second-order valence-electron chi connectivity index (χ2n) is 6.04. The molecule has 2 heterocycles. The molecule has 0 unspecified atom stereocenters. The number of carbonyl (C=O) groups excluding carboxylic acids is 1. The molecule has 17 heavy (non-hydrogen) atoms. The molecule has 0 saturated carbocycles. The number of piperidine rings is 1. The normalized spacial score (nSPS) is 31.5. The predicted octanol–water partition coefficient (Wildman–Crippen LogP) is 3.18. The summed E-state index contributed by atoms with van der Waals surface area (Å²) in [5.74, 6) is -2.62. The maximum atomic E-state index is 13.3. The van der Waals surface area contributed by atoms with Crippen molar-refractivity contribution in [3.8, 4) is 0 Å². The van der Waals surface area contributed by atoms with E-state index in [0.29, 0.717) is 12.8 Å². The number of amides is 1. The van der Waals surface area contributed by atoms with E-state index in [1.54, 1.807) is 20.8 Å². The molecule has 2 saturated heterocycles. The van der Waals surface area contributed by atoms with Gasteiger partial charge < -0.3 is 9.64 Å². The summed E-state index contributed by atoms with van der Waals surface area (Å²) >= 11 is 0. The molecule has 0 aromatic rings. The minimum absolute atomic E-state index is 0.220. The van der Waals surface area contributed by atoms with Crippen LogP contribution >= 0.6 is 0 Å². The van der Waals surface area contributed by atoms with E-state index in [0.717, 1.165) is 0 Å². The second kappa shape index (κ2) is 3.82. The van der Waals surface area contributed by atoms with E-state index in [9.17, 15) is 13.6 Å². The first-order valence-corrected chi connectivity index (χ1v) is 6.07. The van der Waals surface area contributed by atoms with Crippen molar-refractivity contribution in [2.75, 3.05) is 0 Å². The lowest BCUT2D eigenvalue weighted by Crippen LogP contribution is -2.51. The fourth-order valence-electron chi connectivity index (χ4n) is 2.75. The van der Waals surface area contributed by atoms with Gasteiger partial charge in [0.2, 0.25) is 0 Å². The summed E-state index contributed by atoms with van der Waals surface area (Å²) in [5, 5.41) is 0. The zero-order valence-electron chi connectivity index (χ0n) is 10.5. The Kier molecular flexibility index (Phi) is 2.83. The first kappa shape index (κ1) is 12.6. The number of alkyl halides is 2. The first-order chi connectivity index (χ1) is 7.68. The number of carbonyl (C=O) groups is 1. The van der Waals surface area contributed by atoms with Crippen molar-refractivity contribution < 1.29 is 18.3 Å². The van der Waals surface area contributed by atoms with Crippen molar-refractivity contribution in [2.45, 2.75) is 70.1 Å². The Balaban J connectivity index is 2.07. The molecular formula is C12H19F2NO2. The number of hydrogen-bond donors (Lipinski definition) is 0. The highest BCUT2D eigenvalue weighted by molar-refractivity contribution is 5.69. The third-order valence-electron chi connectivity index (χ3n) is 3.29. The van der Waals surface area contributed by atoms with Gasteiger partial charge in [-0.2, -0.15) is 0 Å². The molecule has 5 heteroatoms. The molecular weight excluding hydrogens is 228 g/mol. The number of rotatable bonds is 0. The van der Waals surface area contributed by atoms with Crippen LogP contribution in [0.25, 0.3) is 0 Å². The minimum Gasteiger partial charge on any atom is -0.444 e. The lowest BCUT2D eigenvalue weighted by molar-refractivity contribution is -0.0837. The lowest BCUT2D eigenvalue weighted by atomic mass is 9.99. The van der Waals surface area contributed by atoms with Gasteiger partial charge in [0, 0.05) is 24.9 Å². The highest BCUT2D eigenvalue weighted by Crippen LogP contribution is 2.43. The van der Waals surface area contributed by atoms with Crippen LogP contribution in [0.4, 0.5) is 13.6 Å². The molecule has 0 N–H and O–H groups in total. The van der Waals surface area contributed by atoms with Gasteiger partial charge in [0.25, 0.3) is 5.92 Å². The molecule has 0 aliphatic carbocycles. The van der Waals surface area contributed by atoms with Crippen molar-refractivity contribution >= 4 is 6.09 Å². The zero-order chi connectivity index (χ0) is 12.8. The van der Waals surface area contributed by atoms with Gasteiger partial charge in [-0.3, -0.25) is 0 Å². The van der Waals surface area contributed by atoms with Gasteiger partial charge in [-0.05, 0) is 33.6 Å². The van der Waals surface area contributed by atoms with Crippen LogP contribution in [0.15, 0.2) is 0 Å². The van der Waals surface area contributed by atoms with Gasteiger partial charge in [-0.15, -0.1) is 0 Å². The molecule has 3 nitrogen and oxygen atoms in total. The van der Waals surface area contributed by atoms with Gasteiger partial charge in [-0.25, -0.2) is 13.6 Å². The lowest BCUT2D eigenvalue weighted by Gasteiger charge is -2.39. The van der Waals surface area contributed by atoms with Crippen LogP contribution in [0.5, 0.6) is 0 Å². The van der Waals surface area contributed by atoms with E-state index in [4.69, 9.17) is 4.74 Å². The second-order valence-corrected chi connectivity index (χ2v) is 6.04. The van der Waals surface area contributed by atoms with Gasteiger partial charge in [0.1, 0.15) is 5.60 Å². The van der Waals surface area contributed by atoms with Crippen molar-refractivity contribution in [1.82, 2.24) is 4.90 Å². The largest absolute Gasteiger partial charge is 0.444 e. The molecule has 2 aliphatic rings. The number of halogens is 2. The monoisotopic (exact) mass is 247 g/mol. The summed E-state index contributed by atoms with van der Waals surface area (Å²) in [5.41, 5.74) is -0.573. The molecule has 2 atom stereocenters. The maximum Gasteiger partial charge on any atom is 0.410 e. The third kappa shape index (κ3) is 2.69. The number of fused-ring (bicyclic) bond motifs is 2. The van der Waals surface area contributed by atoms with Crippen LogP contribution in [-0.4, -0.2) is 34.6 Å². The fraction of sp³-hybridized carbons (Fsp3) is 0.917. The molecule has 2 fully saturated rings. The molecule has 2 bridgehead atoms. The smallest absolute Gasteiger partial charge is 0.410 e. The van der Waals surface area contributed by atoms with E-state index in [-0.39, 0.29) is 24.9 Å². The SMILES string of the molecule is CC(C)(C)OC(=O)N1[C@@H]2CC[C@H]1CC(F)(F)C2. The Bertz CT molecular complexity index is 309. The van der Waals surface area contributed by atoms with E-state index in [1.165, 1.54) is 4.90 Å². The predicted molar refractivity (Wildman–Crippen MR) is 59.1 cm³/mol. The molecule has 2 aliphatic heterocycles. The first-order valence-electron chi connectivity index (χ1n) is 6.07. The summed E-state index contributed by atoms with van der Waals surface area (Å²) in [6, 6.07) is -0.697. The molecule has 1 amide bonds.